The van der Waals surface area contributed by atoms with Crippen LogP contribution < -0.4 is 10.0 Å². The first-order valence-corrected chi connectivity index (χ1v) is 7.38. The van der Waals surface area contributed by atoms with Crippen molar-refractivity contribution >= 4 is 24.3 Å². The fraction of sp³-hybridized carbons (Fsp3) is 0.400. The lowest BCUT2D eigenvalue weighted by Gasteiger charge is -2.15. The van der Waals surface area contributed by atoms with Crippen molar-refractivity contribution in [3.05, 3.63) is 23.2 Å². The van der Waals surface area contributed by atoms with E-state index < -0.39 is 19.5 Å². The SMILES string of the molecule is CCOP(C)(=O)c1ccc(Cl)c(OC(F)(F)F)c1. The number of ether oxygens (including phenoxy) is 1. The van der Waals surface area contributed by atoms with Crippen LogP contribution in [0.3, 0.4) is 0 Å². The molecule has 102 valence electrons. The fourth-order valence-electron chi connectivity index (χ4n) is 1.27. The molecule has 0 bridgehead atoms. The summed E-state index contributed by atoms with van der Waals surface area (Å²) in [7, 11) is -3.16. The van der Waals surface area contributed by atoms with Crippen molar-refractivity contribution in [2.75, 3.05) is 13.3 Å². The van der Waals surface area contributed by atoms with E-state index in [1.807, 2.05) is 0 Å². The van der Waals surface area contributed by atoms with Crippen molar-refractivity contribution in [1.82, 2.24) is 0 Å². The molecule has 1 unspecified atom stereocenters. The van der Waals surface area contributed by atoms with Gasteiger partial charge < -0.3 is 9.26 Å². The first-order valence-electron chi connectivity index (χ1n) is 4.93. The van der Waals surface area contributed by atoms with Gasteiger partial charge in [0, 0.05) is 12.0 Å². The van der Waals surface area contributed by atoms with Crippen LogP contribution in [-0.2, 0) is 9.09 Å². The van der Waals surface area contributed by atoms with Gasteiger partial charge in [-0.25, -0.2) is 0 Å². The molecule has 0 spiro atoms. The molecule has 0 aliphatic rings. The Morgan fingerprint density at radius 3 is 2.50 bits per heavy atom. The van der Waals surface area contributed by atoms with Crippen molar-refractivity contribution in [1.29, 1.82) is 0 Å². The lowest BCUT2D eigenvalue weighted by atomic mass is 10.3. The third kappa shape index (κ3) is 4.19. The van der Waals surface area contributed by atoms with Crippen LogP contribution in [0.2, 0.25) is 5.02 Å². The zero-order chi connectivity index (χ0) is 14.0. The Bertz CT molecular complexity index is 476. The molecule has 0 aromatic heterocycles. The molecular formula is C10H11ClF3O3P. The Hall–Kier alpha value is -0.710. The van der Waals surface area contributed by atoms with Gasteiger partial charge in [-0.1, -0.05) is 11.6 Å². The highest BCUT2D eigenvalue weighted by atomic mass is 35.5. The molecule has 1 rings (SSSR count). The van der Waals surface area contributed by atoms with Crippen molar-refractivity contribution in [3.8, 4) is 5.75 Å². The molecule has 0 amide bonds. The smallest absolute Gasteiger partial charge is 0.404 e. The van der Waals surface area contributed by atoms with Crippen LogP contribution in [0.15, 0.2) is 18.2 Å². The van der Waals surface area contributed by atoms with Crippen LogP contribution in [0.25, 0.3) is 0 Å². The van der Waals surface area contributed by atoms with E-state index in [0.717, 1.165) is 6.07 Å². The summed E-state index contributed by atoms with van der Waals surface area (Å²) in [5.74, 6) is -0.594. The van der Waals surface area contributed by atoms with Gasteiger partial charge in [-0.2, -0.15) is 0 Å². The Labute approximate surface area is 107 Å². The second kappa shape index (κ2) is 5.51. The number of alkyl halides is 3. The topological polar surface area (TPSA) is 35.5 Å². The highest BCUT2D eigenvalue weighted by Crippen LogP contribution is 2.43. The summed E-state index contributed by atoms with van der Waals surface area (Å²) in [5.41, 5.74) is 0. The molecule has 8 heteroatoms. The largest absolute Gasteiger partial charge is 0.573 e. The van der Waals surface area contributed by atoms with E-state index in [1.165, 1.54) is 18.8 Å². The Morgan fingerprint density at radius 1 is 1.39 bits per heavy atom. The molecule has 0 radical (unpaired) electrons. The average Bonchev–Trinajstić information content (AvgIpc) is 2.19. The van der Waals surface area contributed by atoms with Gasteiger partial charge in [0.05, 0.1) is 11.6 Å². The van der Waals surface area contributed by atoms with Crippen LogP contribution >= 0.6 is 19.0 Å². The van der Waals surface area contributed by atoms with Gasteiger partial charge in [0.15, 0.2) is 0 Å². The highest BCUT2D eigenvalue weighted by Gasteiger charge is 2.32. The third-order valence-electron chi connectivity index (χ3n) is 1.98. The molecule has 0 saturated heterocycles. The van der Waals surface area contributed by atoms with Gasteiger partial charge >= 0.3 is 6.36 Å². The minimum Gasteiger partial charge on any atom is -0.404 e. The van der Waals surface area contributed by atoms with Crippen LogP contribution in [0.4, 0.5) is 13.2 Å². The zero-order valence-corrected chi connectivity index (χ0v) is 11.3. The van der Waals surface area contributed by atoms with E-state index in [1.54, 1.807) is 6.92 Å². The summed E-state index contributed by atoms with van der Waals surface area (Å²) in [6, 6.07) is 3.52. The van der Waals surface area contributed by atoms with E-state index in [4.69, 9.17) is 16.1 Å². The van der Waals surface area contributed by atoms with Gasteiger partial charge in [-0.3, -0.25) is 4.57 Å². The summed E-state index contributed by atoms with van der Waals surface area (Å²) in [5, 5.41) is -0.0967. The van der Waals surface area contributed by atoms with E-state index in [0.29, 0.717) is 0 Å². The van der Waals surface area contributed by atoms with Crippen molar-refractivity contribution in [3.63, 3.8) is 0 Å². The van der Waals surface area contributed by atoms with Gasteiger partial charge in [-0.15, -0.1) is 13.2 Å². The number of benzene rings is 1. The van der Waals surface area contributed by atoms with Gasteiger partial charge in [0.1, 0.15) is 5.75 Å². The summed E-state index contributed by atoms with van der Waals surface area (Å²) < 4.78 is 57.1. The predicted octanol–water partition coefficient (Wildman–Crippen LogP) is 3.81. The van der Waals surface area contributed by atoms with Crippen molar-refractivity contribution < 1.29 is 27.0 Å². The van der Waals surface area contributed by atoms with E-state index in [-0.39, 0.29) is 16.9 Å². The minimum atomic E-state index is -4.86. The predicted molar refractivity (Wildman–Crippen MR) is 62.9 cm³/mol. The Kier molecular flexibility index (Phi) is 4.70. The number of hydrogen-bond acceptors (Lipinski definition) is 3. The van der Waals surface area contributed by atoms with Crippen molar-refractivity contribution in [2.45, 2.75) is 13.3 Å². The second-order valence-corrected chi connectivity index (χ2v) is 6.30. The maximum absolute atomic E-state index is 12.1. The molecular weight excluding hydrogens is 292 g/mol. The molecule has 0 aliphatic heterocycles. The first kappa shape index (κ1) is 15.3. The Morgan fingerprint density at radius 2 is 2.00 bits per heavy atom. The standard InChI is InChI=1S/C10H11ClF3O3P/c1-3-16-18(2,15)7-4-5-8(11)9(6-7)17-10(12,13)14/h4-6H,3H2,1-2H3. The van der Waals surface area contributed by atoms with Crippen LogP contribution in [0.5, 0.6) is 5.75 Å². The fourth-order valence-corrected chi connectivity index (χ4v) is 2.76. The summed E-state index contributed by atoms with van der Waals surface area (Å²) in [6.45, 7) is 3.14. The quantitative estimate of drug-likeness (QED) is 0.793. The van der Waals surface area contributed by atoms with Gasteiger partial charge in [0.2, 0.25) is 7.37 Å². The number of halogens is 4. The van der Waals surface area contributed by atoms with Gasteiger partial charge in [0.25, 0.3) is 0 Å². The van der Waals surface area contributed by atoms with Crippen molar-refractivity contribution in [2.24, 2.45) is 0 Å². The minimum absolute atomic E-state index is 0.119. The van der Waals surface area contributed by atoms with E-state index >= 15 is 0 Å². The first-order chi connectivity index (χ1) is 8.15. The lowest BCUT2D eigenvalue weighted by Crippen LogP contribution is -2.18. The molecule has 1 aromatic rings. The zero-order valence-electron chi connectivity index (χ0n) is 9.62. The molecule has 18 heavy (non-hydrogen) atoms. The summed E-state index contributed by atoms with van der Waals surface area (Å²) in [6.07, 6.45) is -4.86. The van der Waals surface area contributed by atoms with Crippen LogP contribution in [0, 0.1) is 0 Å². The summed E-state index contributed by atoms with van der Waals surface area (Å²) in [4.78, 5) is 0. The van der Waals surface area contributed by atoms with Gasteiger partial charge in [-0.05, 0) is 25.1 Å². The van der Waals surface area contributed by atoms with E-state index in [2.05, 4.69) is 4.74 Å². The maximum Gasteiger partial charge on any atom is 0.573 e. The average molecular weight is 303 g/mol. The number of rotatable bonds is 4. The number of hydrogen-bond donors (Lipinski definition) is 0. The molecule has 0 aliphatic carbocycles. The Balaban J connectivity index is 3.12. The van der Waals surface area contributed by atoms with Crippen LogP contribution in [0.1, 0.15) is 6.92 Å². The molecule has 0 fully saturated rings. The maximum atomic E-state index is 12.1. The molecule has 0 N–H and O–H groups in total. The molecule has 1 atom stereocenters. The molecule has 0 heterocycles. The molecule has 3 nitrogen and oxygen atoms in total. The normalized spacial score (nSPS) is 15.2. The monoisotopic (exact) mass is 302 g/mol. The summed E-state index contributed by atoms with van der Waals surface area (Å²) >= 11 is 5.57. The second-order valence-electron chi connectivity index (χ2n) is 3.43. The highest BCUT2D eigenvalue weighted by molar-refractivity contribution is 7.66. The third-order valence-corrected chi connectivity index (χ3v) is 4.26. The lowest BCUT2D eigenvalue weighted by molar-refractivity contribution is -0.274. The van der Waals surface area contributed by atoms with Crippen LogP contribution in [-0.4, -0.2) is 19.6 Å². The van der Waals surface area contributed by atoms with E-state index in [9.17, 15) is 17.7 Å². The molecule has 0 saturated carbocycles. The molecule has 1 aromatic carbocycles.